The van der Waals surface area contributed by atoms with Crippen molar-refractivity contribution in [3.05, 3.63) is 12.2 Å². The minimum absolute atomic E-state index is 0.620. The Morgan fingerprint density at radius 2 is 2.50 bits per heavy atom. The molecule has 1 saturated carbocycles. The Kier molecular flexibility index (Phi) is 0.662. The van der Waals surface area contributed by atoms with Gasteiger partial charge in [-0.25, -0.2) is 5.11 Å². The Hall–Kier alpha value is -0.300. The molecule has 0 aliphatic heterocycles. The van der Waals surface area contributed by atoms with Gasteiger partial charge < -0.3 is 0 Å². The maximum Gasteiger partial charge on any atom is 0.122 e. The summed E-state index contributed by atoms with van der Waals surface area (Å²) >= 11 is 0. The average molecular weight is 109 g/mol. The smallest absolute Gasteiger partial charge is 0.122 e. The van der Waals surface area contributed by atoms with Crippen LogP contribution in [0.1, 0.15) is 19.3 Å². The molecule has 1 heteroatoms. The van der Waals surface area contributed by atoms with Crippen molar-refractivity contribution >= 4 is 0 Å². The normalized spacial score (nSPS) is 50.9. The highest BCUT2D eigenvalue weighted by molar-refractivity contribution is 5.16. The predicted molar refractivity (Wildman–Crippen MR) is 29.9 cm³/mol. The van der Waals surface area contributed by atoms with E-state index in [-0.39, 0.29) is 0 Å². The minimum Gasteiger partial charge on any atom is -0.225 e. The van der Waals surface area contributed by atoms with Gasteiger partial charge in [-0.3, -0.25) is 0 Å². The molecule has 2 aliphatic carbocycles. The van der Waals surface area contributed by atoms with Gasteiger partial charge in [0.05, 0.1) is 0 Å². The van der Waals surface area contributed by atoms with E-state index in [1.165, 1.54) is 0 Å². The Morgan fingerprint density at radius 3 is 2.62 bits per heavy atom. The van der Waals surface area contributed by atoms with Crippen molar-refractivity contribution in [1.82, 2.24) is 0 Å². The van der Waals surface area contributed by atoms with Gasteiger partial charge in [0.15, 0.2) is 0 Å². The summed E-state index contributed by atoms with van der Waals surface area (Å²) in [7, 11) is 0. The molecule has 2 bridgehead atoms. The van der Waals surface area contributed by atoms with Crippen molar-refractivity contribution in [3.63, 3.8) is 0 Å². The topological polar surface area (TPSA) is 19.9 Å². The lowest BCUT2D eigenvalue weighted by molar-refractivity contribution is 0.0238. The van der Waals surface area contributed by atoms with Crippen LogP contribution in [0.4, 0.5) is 0 Å². The van der Waals surface area contributed by atoms with Crippen molar-refractivity contribution in [3.8, 4) is 0 Å². The van der Waals surface area contributed by atoms with E-state index in [9.17, 15) is 5.11 Å². The van der Waals surface area contributed by atoms with E-state index in [0.717, 1.165) is 19.3 Å². The second-order valence-electron chi connectivity index (χ2n) is 2.93. The highest BCUT2D eigenvalue weighted by Crippen LogP contribution is 2.42. The molecule has 2 aliphatic rings. The van der Waals surface area contributed by atoms with Gasteiger partial charge >= 0.3 is 0 Å². The summed E-state index contributed by atoms with van der Waals surface area (Å²) in [6.07, 6.45) is 6.83. The first-order valence-electron chi connectivity index (χ1n) is 3.18. The van der Waals surface area contributed by atoms with Gasteiger partial charge in [-0.05, 0) is 25.2 Å². The van der Waals surface area contributed by atoms with Gasteiger partial charge in [0.1, 0.15) is 5.60 Å². The SMILES string of the molecule is [O]C12C=CC(CC1)C2. The average Bonchev–Trinajstić information content (AvgIpc) is 2.21. The zero-order valence-corrected chi connectivity index (χ0v) is 4.76. The van der Waals surface area contributed by atoms with Crippen LogP contribution >= 0.6 is 0 Å². The van der Waals surface area contributed by atoms with Gasteiger partial charge in [-0.1, -0.05) is 12.2 Å². The molecule has 0 aromatic heterocycles. The molecule has 43 valence electrons. The van der Waals surface area contributed by atoms with Crippen molar-refractivity contribution in [2.45, 2.75) is 24.9 Å². The first-order valence-corrected chi connectivity index (χ1v) is 3.18. The summed E-state index contributed by atoms with van der Waals surface area (Å²) in [5.41, 5.74) is -0.620. The van der Waals surface area contributed by atoms with Crippen LogP contribution in [0, 0.1) is 5.92 Å². The van der Waals surface area contributed by atoms with E-state index in [0.29, 0.717) is 5.92 Å². The zero-order valence-electron chi connectivity index (χ0n) is 4.76. The Balaban J connectivity index is 2.33. The van der Waals surface area contributed by atoms with Crippen LogP contribution in [0.3, 0.4) is 0 Å². The number of hydrogen-bond donors (Lipinski definition) is 0. The van der Waals surface area contributed by atoms with Crippen LogP contribution < -0.4 is 0 Å². The van der Waals surface area contributed by atoms with Crippen molar-refractivity contribution in [2.75, 3.05) is 0 Å². The number of hydrogen-bond acceptors (Lipinski definition) is 0. The quantitative estimate of drug-likeness (QED) is 0.420. The highest BCUT2D eigenvalue weighted by Gasteiger charge is 2.40. The molecule has 1 radical (unpaired) electrons. The van der Waals surface area contributed by atoms with Gasteiger partial charge in [0.25, 0.3) is 0 Å². The largest absolute Gasteiger partial charge is 0.225 e. The molecule has 2 unspecified atom stereocenters. The molecule has 1 fully saturated rings. The Morgan fingerprint density at radius 1 is 1.62 bits per heavy atom. The summed E-state index contributed by atoms with van der Waals surface area (Å²) in [6, 6.07) is 0. The third-order valence-corrected chi connectivity index (χ3v) is 2.22. The first kappa shape index (κ1) is 4.57. The standard InChI is InChI=1S/C7H9O/c8-7-3-1-6(5-7)2-4-7/h1,3,6H,2,4-5H2. The van der Waals surface area contributed by atoms with Crippen LogP contribution in [0.25, 0.3) is 0 Å². The fourth-order valence-electron chi connectivity index (χ4n) is 1.70. The van der Waals surface area contributed by atoms with Gasteiger partial charge in [-0.15, -0.1) is 0 Å². The van der Waals surface area contributed by atoms with Crippen molar-refractivity contribution in [1.29, 1.82) is 0 Å². The van der Waals surface area contributed by atoms with E-state index in [4.69, 9.17) is 0 Å². The fraction of sp³-hybridized carbons (Fsp3) is 0.714. The zero-order chi connectivity index (χ0) is 5.61. The second kappa shape index (κ2) is 1.16. The van der Waals surface area contributed by atoms with E-state index in [1.54, 1.807) is 0 Å². The number of rotatable bonds is 0. The third kappa shape index (κ3) is 0.451. The molecule has 0 aromatic carbocycles. The molecule has 0 spiro atoms. The van der Waals surface area contributed by atoms with Crippen LogP contribution in [0.5, 0.6) is 0 Å². The van der Waals surface area contributed by atoms with Gasteiger partial charge in [0.2, 0.25) is 0 Å². The summed E-state index contributed by atoms with van der Waals surface area (Å²) < 4.78 is 0. The molecule has 2 rings (SSSR count). The number of allylic oxidation sites excluding steroid dienone is 1. The van der Waals surface area contributed by atoms with Gasteiger partial charge in [0, 0.05) is 0 Å². The summed E-state index contributed by atoms with van der Waals surface area (Å²) in [5.74, 6) is 0.646. The molecule has 0 heterocycles. The van der Waals surface area contributed by atoms with Crippen LogP contribution in [-0.4, -0.2) is 5.60 Å². The van der Waals surface area contributed by atoms with Gasteiger partial charge in [-0.2, -0.15) is 0 Å². The van der Waals surface area contributed by atoms with Crippen LogP contribution in [-0.2, 0) is 5.11 Å². The molecule has 0 saturated heterocycles. The maximum atomic E-state index is 11.2. The van der Waals surface area contributed by atoms with E-state index in [2.05, 4.69) is 6.08 Å². The molecule has 0 amide bonds. The molecule has 1 nitrogen and oxygen atoms in total. The van der Waals surface area contributed by atoms with E-state index >= 15 is 0 Å². The minimum atomic E-state index is -0.620. The second-order valence-corrected chi connectivity index (χ2v) is 2.93. The van der Waals surface area contributed by atoms with E-state index < -0.39 is 5.60 Å². The Labute approximate surface area is 49.0 Å². The molecular weight excluding hydrogens is 100 g/mol. The first-order chi connectivity index (χ1) is 3.79. The molecule has 0 N–H and O–H groups in total. The van der Waals surface area contributed by atoms with Crippen LogP contribution in [0.2, 0.25) is 0 Å². The lowest BCUT2D eigenvalue weighted by Gasteiger charge is -2.09. The third-order valence-electron chi connectivity index (χ3n) is 2.22. The molecule has 2 atom stereocenters. The highest BCUT2D eigenvalue weighted by atomic mass is 16.3. The van der Waals surface area contributed by atoms with Crippen LogP contribution in [0.15, 0.2) is 12.2 Å². The lowest BCUT2D eigenvalue weighted by atomic mass is 10.0. The van der Waals surface area contributed by atoms with Crippen molar-refractivity contribution < 1.29 is 5.11 Å². The molecule has 8 heavy (non-hydrogen) atoms. The molecular formula is C7H9O. The number of fused-ring (bicyclic) bond motifs is 2. The molecule has 0 aromatic rings. The maximum absolute atomic E-state index is 11.2. The monoisotopic (exact) mass is 109 g/mol. The summed E-state index contributed by atoms with van der Waals surface area (Å²) in [4.78, 5) is 0. The fourth-order valence-corrected chi connectivity index (χ4v) is 1.70. The Bertz CT molecular complexity index is 139. The van der Waals surface area contributed by atoms with Crippen molar-refractivity contribution in [2.24, 2.45) is 5.92 Å². The summed E-state index contributed by atoms with van der Waals surface area (Å²) in [6.45, 7) is 0. The predicted octanol–water partition coefficient (Wildman–Crippen LogP) is 1.53. The summed E-state index contributed by atoms with van der Waals surface area (Å²) in [5, 5.41) is 11.2. The lowest BCUT2D eigenvalue weighted by Crippen LogP contribution is -2.15. The van der Waals surface area contributed by atoms with E-state index in [1.807, 2.05) is 6.08 Å².